The van der Waals surface area contributed by atoms with Crippen molar-refractivity contribution in [1.82, 2.24) is 5.32 Å². The summed E-state index contributed by atoms with van der Waals surface area (Å²) in [6, 6.07) is 6.47. The van der Waals surface area contributed by atoms with E-state index in [0.29, 0.717) is 5.69 Å². The zero-order chi connectivity index (χ0) is 14.6. The molecule has 7 nitrogen and oxygen atoms in total. The summed E-state index contributed by atoms with van der Waals surface area (Å²) in [4.78, 5) is 11.5. The predicted molar refractivity (Wildman–Crippen MR) is 74.0 cm³/mol. The number of hydrogen-bond acceptors (Lipinski definition) is 5. The number of nitrogens with zero attached hydrogens (tertiary/aromatic N) is 1. The van der Waals surface area contributed by atoms with Crippen LogP contribution >= 0.6 is 0 Å². The third-order valence-corrected chi connectivity index (χ3v) is 4.07. The Morgan fingerprint density at radius 2 is 2.10 bits per heavy atom. The van der Waals surface area contributed by atoms with Gasteiger partial charge in [0.2, 0.25) is 5.91 Å². The van der Waals surface area contributed by atoms with Gasteiger partial charge in [0.15, 0.2) is 0 Å². The molecule has 0 spiro atoms. The number of amidine groups is 1. The Bertz CT molecular complexity index is 640. The molecule has 2 rings (SSSR count). The molecule has 1 aromatic rings. The van der Waals surface area contributed by atoms with Gasteiger partial charge >= 0.3 is 0 Å². The summed E-state index contributed by atoms with van der Waals surface area (Å²) < 4.78 is 27.5. The number of carbonyl (C=O) groups excluding carboxylic acids is 1. The van der Waals surface area contributed by atoms with Crippen LogP contribution in [0.15, 0.2) is 33.6 Å². The van der Waals surface area contributed by atoms with Gasteiger partial charge in [-0.05, 0) is 12.1 Å². The SMILES string of the molecule is O=C(CCC1=NS(=O)(=O)c2ccccc2N1)NCCO. The topological polar surface area (TPSA) is 108 Å². The first-order valence-electron chi connectivity index (χ1n) is 6.10. The number of para-hydroxylation sites is 1. The van der Waals surface area contributed by atoms with Gasteiger partial charge in [-0.15, -0.1) is 4.40 Å². The number of benzene rings is 1. The summed E-state index contributed by atoms with van der Waals surface area (Å²) in [5, 5.41) is 14.0. The van der Waals surface area contributed by atoms with Crippen molar-refractivity contribution in [3.05, 3.63) is 24.3 Å². The van der Waals surface area contributed by atoms with Gasteiger partial charge in [0.05, 0.1) is 12.3 Å². The lowest BCUT2D eigenvalue weighted by Gasteiger charge is -2.17. The van der Waals surface area contributed by atoms with Gasteiger partial charge < -0.3 is 15.7 Å². The highest BCUT2D eigenvalue weighted by molar-refractivity contribution is 7.90. The molecule has 0 bridgehead atoms. The molecule has 1 aromatic carbocycles. The van der Waals surface area contributed by atoms with Crippen molar-refractivity contribution >= 4 is 27.5 Å². The molecule has 0 aromatic heterocycles. The van der Waals surface area contributed by atoms with E-state index in [0.717, 1.165) is 0 Å². The lowest BCUT2D eigenvalue weighted by molar-refractivity contribution is -0.121. The van der Waals surface area contributed by atoms with Crippen LogP contribution in [-0.2, 0) is 14.8 Å². The average Bonchev–Trinajstić information content (AvgIpc) is 2.42. The van der Waals surface area contributed by atoms with E-state index in [1.54, 1.807) is 18.2 Å². The number of fused-ring (bicyclic) bond motifs is 1. The first-order valence-corrected chi connectivity index (χ1v) is 7.54. The van der Waals surface area contributed by atoms with Gasteiger partial charge in [-0.2, -0.15) is 8.42 Å². The molecule has 0 radical (unpaired) electrons. The van der Waals surface area contributed by atoms with Crippen LogP contribution in [0.2, 0.25) is 0 Å². The number of sulfonamides is 1. The van der Waals surface area contributed by atoms with Crippen LogP contribution in [-0.4, -0.2) is 38.4 Å². The highest BCUT2D eigenvalue weighted by Crippen LogP contribution is 2.27. The first kappa shape index (κ1) is 14.5. The number of amides is 1. The van der Waals surface area contributed by atoms with Gasteiger partial charge in [0.1, 0.15) is 10.7 Å². The van der Waals surface area contributed by atoms with E-state index in [4.69, 9.17) is 5.11 Å². The normalized spacial score (nSPS) is 15.8. The van der Waals surface area contributed by atoms with Gasteiger partial charge in [0.25, 0.3) is 10.0 Å². The molecule has 1 aliphatic heterocycles. The van der Waals surface area contributed by atoms with Gasteiger partial charge in [-0.25, -0.2) is 0 Å². The monoisotopic (exact) mass is 297 g/mol. The first-order chi connectivity index (χ1) is 9.53. The maximum atomic E-state index is 11.9. The fourth-order valence-electron chi connectivity index (χ4n) is 1.79. The molecule has 108 valence electrons. The maximum Gasteiger partial charge on any atom is 0.286 e. The Morgan fingerprint density at radius 3 is 2.85 bits per heavy atom. The summed E-state index contributed by atoms with van der Waals surface area (Å²) in [6.45, 7) is 0.0482. The van der Waals surface area contributed by atoms with Gasteiger partial charge in [0, 0.05) is 19.4 Å². The predicted octanol–water partition coefficient (Wildman–Crippen LogP) is 0.0880. The molecular weight excluding hydrogens is 282 g/mol. The fourth-order valence-corrected chi connectivity index (χ4v) is 2.96. The van der Waals surface area contributed by atoms with Crippen molar-refractivity contribution in [2.75, 3.05) is 18.5 Å². The summed E-state index contributed by atoms with van der Waals surface area (Å²) >= 11 is 0. The van der Waals surface area contributed by atoms with Crippen LogP contribution < -0.4 is 10.6 Å². The molecule has 20 heavy (non-hydrogen) atoms. The standard InChI is InChI=1S/C12H15N3O4S/c16-8-7-13-12(17)6-5-11-14-9-3-1-2-4-10(9)20(18,19)15-11/h1-4,16H,5-8H2,(H,13,17)(H,14,15). The number of rotatable bonds is 5. The van der Waals surface area contributed by atoms with Crippen molar-refractivity contribution in [3.8, 4) is 0 Å². The third kappa shape index (κ3) is 3.34. The smallest absolute Gasteiger partial charge is 0.286 e. The van der Waals surface area contributed by atoms with Crippen LogP contribution in [0, 0.1) is 0 Å². The Balaban J connectivity index is 2.05. The number of carbonyl (C=O) groups is 1. The molecule has 0 saturated heterocycles. The molecule has 8 heteroatoms. The number of nitrogens with one attached hydrogen (secondary N) is 2. The second-order valence-corrected chi connectivity index (χ2v) is 5.78. The third-order valence-electron chi connectivity index (χ3n) is 2.70. The van der Waals surface area contributed by atoms with Gasteiger partial charge in [-0.1, -0.05) is 12.1 Å². The number of aliphatic hydroxyl groups is 1. The lowest BCUT2D eigenvalue weighted by Crippen LogP contribution is -2.28. The zero-order valence-electron chi connectivity index (χ0n) is 10.7. The fraction of sp³-hybridized carbons (Fsp3) is 0.333. The summed E-state index contributed by atoms with van der Waals surface area (Å²) in [5.74, 6) is -0.0253. The number of hydrogen-bond donors (Lipinski definition) is 3. The van der Waals surface area contributed by atoms with E-state index in [9.17, 15) is 13.2 Å². The Kier molecular flexibility index (Phi) is 4.35. The van der Waals surface area contributed by atoms with Crippen LogP contribution in [0.3, 0.4) is 0 Å². The molecule has 0 fully saturated rings. The van der Waals surface area contributed by atoms with Crippen LogP contribution in [0.4, 0.5) is 5.69 Å². The Hall–Kier alpha value is -1.93. The van der Waals surface area contributed by atoms with Crippen molar-refractivity contribution in [3.63, 3.8) is 0 Å². The van der Waals surface area contributed by atoms with E-state index >= 15 is 0 Å². The minimum absolute atomic E-state index is 0.101. The van der Waals surface area contributed by atoms with Crippen LogP contribution in [0.1, 0.15) is 12.8 Å². The molecule has 1 heterocycles. The van der Waals surface area contributed by atoms with Crippen molar-refractivity contribution in [1.29, 1.82) is 0 Å². The Morgan fingerprint density at radius 1 is 1.35 bits per heavy atom. The minimum atomic E-state index is -3.70. The molecule has 0 unspecified atom stereocenters. The number of aliphatic hydroxyl groups excluding tert-OH is 1. The van der Waals surface area contributed by atoms with Gasteiger partial charge in [-0.3, -0.25) is 4.79 Å². The number of anilines is 1. The lowest BCUT2D eigenvalue weighted by atomic mass is 10.2. The quantitative estimate of drug-likeness (QED) is 0.714. The second kappa shape index (κ2) is 6.02. The second-order valence-electron chi connectivity index (χ2n) is 4.21. The van der Waals surface area contributed by atoms with E-state index < -0.39 is 10.0 Å². The summed E-state index contributed by atoms with van der Waals surface area (Å²) in [6.07, 6.45) is 0.286. The summed E-state index contributed by atoms with van der Waals surface area (Å²) in [7, 11) is -3.70. The summed E-state index contributed by atoms with van der Waals surface area (Å²) in [5.41, 5.74) is 0.466. The Labute approximate surface area is 116 Å². The highest BCUT2D eigenvalue weighted by Gasteiger charge is 2.24. The van der Waals surface area contributed by atoms with Crippen molar-refractivity contribution < 1.29 is 18.3 Å². The van der Waals surface area contributed by atoms with Crippen LogP contribution in [0.5, 0.6) is 0 Å². The molecule has 3 N–H and O–H groups in total. The molecule has 1 aliphatic rings. The molecule has 1 amide bonds. The molecule has 0 atom stereocenters. The van der Waals surface area contributed by atoms with Crippen LogP contribution in [0.25, 0.3) is 0 Å². The van der Waals surface area contributed by atoms with Crippen molar-refractivity contribution in [2.24, 2.45) is 4.40 Å². The van der Waals surface area contributed by atoms with E-state index in [1.807, 2.05) is 0 Å². The van der Waals surface area contributed by atoms with Crippen molar-refractivity contribution in [2.45, 2.75) is 17.7 Å². The van der Waals surface area contributed by atoms with E-state index in [2.05, 4.69) is 15.0 Å². The zero-order valence-corrected chi connectivity index (χ0v) is 11.5. The highest BCUT2D eigenvalue weighted by atomic mass is 32.2. The average molecular weight is 297 g/mol. The molecule has 0 saturated carbocycles. The van der Waals surface area contributed by atoms with E-state index in [-0.39, 0.29) is 42.6 Å². The minimum Gasteiger partial charge on any atom is -0.395 e. The molecular formula is C12H15N3O4S. The maximum absolute atomic E-state index is 11.9. The largest absolute Gasteiger partial charge is 0.395 e. The molecule has 0 aliphatic carbocycles. The van der Waals surface area contributed by atoms with E-state index in [1.165, 1.54) is 6.07 Å².